The van der Waals surface area contributed by atoms with Crippen LogP contribution >= 0.6 is 0 Å². The smallest absolute Gasteiger partial charge is 0.259 e. The zero-order valence-electron chi connectivity index (χ0n) is 17.5. The lowest BCUT2D eigenvalue weighted by atomic mass is 9.68. The van der Waals surface area contributed by atoms with E-state index < -0.39 is 0 Å². The predicted octanol–water partition coefficient (Wildman–Crippen LogP) is 3.98. The molecule has 6 heteroatoms. The molecule has 0 aliphatic heterocycles. The first-order valence-corrected chi connectivity index (χ1v) is 10.9. The molecule has 31 heavy (non-hydrogen) atoms. The SMILES string of the molecule is COc1ccc2c(c1)-c1c(c(=O)n(Cc3ccccc3)c3nncn13)C1(CCCC1)C2. The van der Waals surface area contributed by atoms with Crippen LogP contribution in [0, 0.1) is 0 Å². The number of aromatic nitrogens is 4. The predicted molar refractivity (Wildman–Crippen MR) is 119 cm³/mol. The van der Waals surface area contributed by atoms with Crippen LogP contribution in [0.4, 0.5) is 0 Å². The Morgan fingerprint density at radius 3 is 2.68 bits per heavy atom. The summed E-state index contributed by atoms with van der Waals surface area (Å²) >= 11 is 0. The van der Waals surface area contributed by atoms with Crippen LogP contribution in [0.5, 0.6) is 5.75 Å². The van der Waals surface area contributed by atoms with Gasteiger partial charge in [0.2, 0.25) is 5.78 Å². The first-order chi connectivity index (χ1) is 15.2. The summed E-state index contributed by atoms with van der Waals surface area (Å²) in [5, 5.41) is 8.56. The molecule has 6 nitrogen and oxygen atoms in total. The third-order valence-corrected chi connectivity index (χ3v) is 7.08. The van der Waals surface area contributed by atoms with Gasteiger partial charge in [-0.25, -0.2) is 0 Å². The van der Waals surface area contributed by atoms with E-state index in [0.29, 0.717) is 12.3 Å². The fourth-order valence-electron chi connectivity index (χ4n) is 5.66. The Morgan fingerprint density at radius 1 is 1.10 bits per heavy atom. The minimum absolute atomic E-state index is 0.0646. The molecule has 4 aromatic rings. The van der Waals surface area contributed by atoms with Gasteiger partial charge in [0, 0.05) is 16.5 Å². The highest BCUT2D eigenvalue weighted by Gasteiger charge is 2.45. The van der Waals surface area contributed by atoms with Gasteiger partial charge >= 0.3 is 0 Å². The summed E-state index contributed by atoms with van der Waals surface area (Å²) in [7, 11) is 1.68. The number of benzene rings is 2. The molecule has 2 aliphatic rings. The number of hydrogen-bond donors (Lipinski definition) is 0. The van der Waals surface area contributed by atoms with E-state index in [1.165, 1.54) is 5.56 Å². The van der Waals surface area contributed by atoms with Crippen molar-refractivity contribution in [2.24, 2.45) is 0 Å². The van der Waals surface area contributed by atoms with Crippen molar-refractivity contribution in [3.05, 3.63) is 81.9 Å². The standard InChI is InChI=1S/C25H24N4O2/c1-31-19-10-9-18-14-25(11-5-6-12-25)21-22(20(18)13-19)29-16-26-27-24(29)28(23(21)30)15-17-7-3-2-4-8-17/h2-4,7-10,13,16H,5-6,11-12,14-15H2,1H3. The number of methoxy groups -OCH3 is 1. The van der Waals surface area contributed by atoms with E-state index in [1.54, 1.807) is 18.0 Å². The first kappa shape index (κ1) is 18.4. The van der Waals surface area contributed by atoms with Gasteiger partial charge in [-0.05, 0) is 42.5 Å². The molecule has 6 rings (SSSR count). The molecule has 2 aliphatic carbocycles. The van der Waals surface area contributed by atoms with Crippen molar-refractivity contribution in [3.63, 3.8) is 0 Å². The zero-order chi connectivity index (χ0) is 21.0. The van der Waals surface area contributed by atoms with Crippen molar-refractivity contribution in [1.82, 2.24) is 19.2 Å². The van der Waals surface area contributed by atoms with Crippen LogP contribution in [0.3, 0.4) is 0 Å². The Morgan fingerprint density at radius 2 is 1.90 bits per heavy atom. The number of fused-ring (bicyclic) bond motifs is 6. The van der Waals surface area contributed by atoms with Crippen LogP contribution in [0.25, 0.3) is 17.0 Å². The van der Waals surface area contributed by atoms with E-state index in [-0.39, 0.29) is 11.0 Å². The van der Waals surface area contributed by atoms with E-state index in [0.717, 1.165) is 60.2 Å². The summed E-state index contributed by atoms with van der Waals surface area (Å²) in [4.78, 5) is 14.1. The van der Waals surface area contributed by atoms with Crippen molar-refractivity contribution in [1.29, 1.82) is 0 Å². The van der Waals surface area contributed by atoms with Crippen molar-refractivity contribution < 1.29 is 4.74 Å². The van der Waals surface area contributed by atoms with Gasteiger partial charge in [-0.3, -0.25) is 13.8 Å². The van der Waals surface area contributed by atoms with Crippen LogP contribution in [0.1, 0.15) is 42.4 Å². The molecule has 1 fully saturated rings. The number of rotatable bonds is 3. The molecule has 2 aromatic carbocycles. The Labute approximate surface area is 180 Å². The summed E-state index contributed by atoms with van der Waals surface area (Å²) in [5.74, 6) is 1.37. The molecule has 1 spiro atoms. The van der Waals surface area contributed by atoms with E-state index >= 15 is 0 Å². The molecule has 0 amide bonds. The molecule has 0 unspecified atom stereocenters. The highest BCUT2D eigenvalue weighted by molar-refractivity contribution is 5.75. The molecular formula is C25H24N4O2. The quantitative estimate of drug-likeness (QED) is 0.511. The maximum absolute atomic E-state index is 14.1. The zero-order valence-corrected chi connectivity index (χ0v) is 17.5. The fourth-order valence-corrected chi connectivity index (χ4v) is 5.66. The van der Waals surface area contributed by atoms with Crippen LogP contribution in [-0.2, 0) is 18.4 Å². The second-order valence-corrected chi connectivity index (χ2v) is 8.79. The van der Waals surface area contributed by atoms with Gasteiger partial charge in [-0.1, -0.05) is 49.2 Å². The minimum Gasteiger partial charge on any atom is -0.497 e. The fraction of sp³-hybridized carbons (Fsp3) is 0.320. The van der Waals surface area contributed by atoms with Gasteiger partial charge in [0.1, 0.15) is 12.1 Å². The summed E-state index contributed by atoms with van der Waals surface area (Å²) in [6, 6.07) is 16.3. The normalized spacial score (nSPS) is 16.4. The molecule has 0 N–H and O–H groups in total. The Balaban J connectivity index is 1.69. The van der Waals surface area contributed by atoms with Crippen molar-refractivity contribution in [3.8, 4) is 17.0 Å². The molecule has 2 heterocycles. The summed E-state index contributed by atoms with van der Waals surface area (Å²) in [5.41, 5.74) is 5.21. The highest BCUT2D eigenvalue weighted by atomic mass is 16.5. The van der Waals surface area contributed by atoms with E-state index in [9.17, 15) is 4.79 Å². The molecule has 2 aromatic heterocycles. The highest BCUT2D eigenvalue weighted by Crippen LogP contribution is 2.50. The topological polar surface area (TPSA) is 61.4 Å². The third kappa shape index (κ3) is 2.67. The molecule has 0 atom stereocenters. The molecule has 1 saturated carbocycles. The second-order valence-electron chi connectivity index (χ2n) is 8.79. The monoisotopic (exact) mass is 412 g/mol. The lowest BCUT2D eigenvalue weighted by molar-refractivity contribution is 0.410. The van der Waals surface area contributed by atoms with Crippen LogP contribution in [0.15, 0.2) is 59.7 Å². The van der Waals surface area contributed by atoms with Crippen molar-refractivity contribution in [2.45, 2.75) is 44.1 Å². The van der Waals surface area contributed by atoms with E-state index in [4.69, 9.17) is 4.74 Å². The summed E-state index contributed by atoms with van der Waals surface area (Å²) < 4.78 is 9.32. The maximum Gasteiger partial charge on any atom is 0.259 e. The average molecular weight is 412 g/mol. The number of ether oxygens (including phenoxy) is 1. The molecule has 0 bridgehead atoms. The van der Waals surface area contributed by atoms with Crippen LogP contribution in [0.2, 0.25) is 0 Å². The Bertz CT molecular complexity index is 1350. The van der Waals surface area contributed by atoms with Gasteiger partial charge in [-0.15, -0.1) is 10.2 Å². The molecule has 156 valence electrons. The van der Waals surface area contributed by atoms with Gasteiger partial charge in [0.25, 0.3) is 5.56 Å². The van der Waals surface area contributed by atoms with Gasteiger partial charge < -0.3 is 4.74 Å². The molecule has 0 saturated heterocycles. The maximum atomic E-state index is 14.1. The van der Waals surface area contributed by atoms with Gasteiger partial charge in [0.05, 0.1) is 19.3 Å². The lowest BCUT2D eigenvalue weighted by Crippen LogP contribution is -2.40. The largest absolute Gasteiger partial charge is 0.497 e. The summed E-state index contributed by atoms with van der Waals surface area (Å²) in [6.07, 6.45) is 7.03. The molecule has 0 radical (unpaired) electrons. The Kier molecular flexibility index (Phi) is 4.03. The van der Waals surface area contributed by atoms with Crippen molar-refractivity contribution >= 4 is 5.78 Å². The number of nitrogens with zero attached hydrogens (tertiary/aromatic N) is 4. The van der Waals surface area contributed by atoms with E-state index in [2.05, 4.69) is 22.3 Å². The first-order valence-electron chi connectivity index (χ1n) is 10.9. The van der Waals surface area contributed by atoms with Gasteiger partial charge in [-0.2, -0.15) is 0 Å². The van der Waals surface area contributed by atoms with Crippen LogP contribution in [-0.4, -0.2) is 26.3 Å². The summed E-state index contributed by atoms with van der Waals surface area (Å²) in [6.45, 7) is 0.482. The third-order valence-electron chi connectivity index (χ3n) is 7.08. The average Bonchev–Trinajstić information content (AvgIpc) is 3.47. The number of hydrogen-bond acceptors (Lipinski definition) is 4. The second kappa shape index (κ2) is 6.80. The Hall–Kier alpha value is -3.41. The molecular weight excluding hydrogens is 388 g/mol. The minimum atomic E-state index is -0.120. The van der Waals surface area contributed by atoms with Crippen LogP contribution < -0.4 is 10.3 Å². The lowest BCUT2D eigenvalue weighted by Gasteiger charge is -2.37. The van der Waals surface area contributed by atoms with Crippen molar-refractivity contribution in [2.75, 3.05) is 7.11 Å². The van der Waals surface area contributed by atoms with Gasteiger partial charge in [0.15, 0.2) is 0 Å². The van der Waals surface area contributed by atoms with E-state index in [1.807, 2.05) is 40.8 Å².